The second kappa shape index (κ2) is 6.19. The molecule has 1 unspecified atom stereocenters. The van der Waals surface area contributed by atoms with Crippen molar-refractivity contribution in [2.75, 3.05) is 6.61 Å². The van der Waals surface area contributed by atoms with Crippen LogP contribution in [0.25, 0.3) is 0 Å². The molecule has 0 aliphatic heterocycles. The van der Waals surface area contributed by atoms with Crippen LogP contribution in [0.2, 0.25) is 0 Å². The molecule has 0 radical (unpaired) electrons. The number of carbonyl (C=O) groups is 1. The maximum Gasteiger partial charge on any atom is 0.303 e. The molecule has 1 aromatic carbocycles. The SMILES string of the molecule is O=C(O)CCC(CO)Cc1ccccc1. The van der Waals surface area contributed by atoms with Crippen LogP contribution in [-0.4, -0.2) is 22.8 Å². The third kappa shape index (κ3) is 4.61. The molecule has 82 valence electrons. The first kappa shape index (κ1) is 11.7. The fourth-order valence-corrected chi connectivity index (χ4v) is 1.53. The topological polar surface area (TPSA) is 57.5 Å². The zero-order valence-corrected chi connectivity index (χ0v) is 8.60. The Balaban J connectivity index is 2.43. The van der Waals surface area contributed by atoms with Crippen molar-refractivity contribution in [1.82, 2.24) is 0 Å². The van der Waals surface area contributed by atoms with E-state index >= 15 is 0 Å². The molecule has 0 heterocycles. The minimum Gasteiger partial charge on any atom is -0.481 e. The van der Waals surface area contributed by atoms with Crippen molar-refractivity contribution >= 4 is 5.97 Å². The Hall–Kier alpha value is -1.35. The van der Waals surface area contributed by atoms with Crippen LogP contribution in [0.5, 0.6) is 0 Å². The van der Waals surface area contributed by atoms with Crippen LogP contribution in [0.3, 0.4) is 0 Å². The summed E-state index contributed by atoms with van der Waals surface area (Å²) in [6.07, 6.45) is 1.39. The van der Waals surface area contributed by atoms with E-state index in [0.717, 1.165) is 12.0 Å². The molecule has 0 saturated heterocycles. The van der Waals surface area contributed by atoms with Crippen molar-refractivity contribution < 1.29 is 15.0 Å². The van der Waals surface area contributed by atoms with Crippen LogP contribution in [0.1, 0.15) is 18.4 Å². The molecule has 0 amide bonds. The van der Waals surface area contributed by atoms with E-state index in [9.17, 15) is 4.79 Å². The highest BCUT2D eigenvalue weighted by atomic mass is 16.4. The van der Waals surface area contributed by atoms with Crippen molar-refractivity contribution in [2.24, 2.45) is 5.92 Å². The molecule has 15 heavy (non-hydrogen) atoms. The number of hydrogen-bond donors (Lipinski definition) is 2. The Labute approximate surface area is 89.4 Å². The van der Waals surface area contributed by atoms with Gasteiger partial charge in [-0.25, -0.2) is 0 Å². The minimum atomic E-state index is -0.804. The van der Waals surface area contributed by atoms with E-state index in [0.29, 0.717) is 6.42 Å². The van der Waals surface area contributed by atoms with Gasteiger partial charge in [-0.1, -0.05) is 30.3 Å². The van der Waals surface area contributed by atoms with Gasteiger partial charge < -0.3 is 10.2 Å². The summed E-state index contributed by atoms with van der Waals surface area (Å²) in [6.45, 7) is 0.0438. The Morgan fingerprint density at radius 2 is 1.93 bits per heavy atom. The van der Waals surface area contributed by atoms with Gasteiger partial charge in [0.05, 0.1) is 0 Å². The number of aliphatic hydroxyl groups is 1. The number of benzene rings is 1. The summed E-state index contributed by atoms with van der Waals surface area (Å²) >= 11 is 0. The number of carboxylic acid groups (broad SMARTS) is 1. The highest BCUT2D eigenvalue weighted by molar-refractivity contribution is 5.66. The molecule has 0 bridgehead atoms. The van der Waals surface area contributed by atoms with Gasteiger partial charge in [-0.3, -0.25) is 4.79 Å². The second-order valence-corrected chi connectivity index (χ2v) is 3.67. The molecule has 0 aliphatic rings. The van der Waals surface area contributed by atoms with E-state index in [-0.39, 0.29) is 18.9 Å². The first-order valence-electron chi connectivity index (χ1n) is 5.09. The first-order chi connectivity index (χ1) is 7.22. The molecule has 0 spiro atoms. The highest BCUT2D eigenvalue weighted by Crippen LogP contribution is 2.13. The summed E-state index contributed by atoms with van der Waals surface area (Å²) in [5, 5.41) is 17.6. The van der Waals surface area contributed by atoms with E-state index in [1.807, 2.05) is 30.3 Å². The second-order valence-electron chi connectivity index (χ2n) is 3.67. The summed E-state index contributed by atoms with van der Waals surface area (Å²) in [4.78, 5) is 10.4. The van der Waals surface area contributed by atoms with Gasteiger partial charge in [0.15, 0.2) is 0 Å². The molecule has 2 N–H and O–H groups in total. The lowest BCUT2D eigenvalue weighted by atomic mass is 9.96. The Morgan fingerprint density at radius 3 is 2.47 bits per heavy atom. The fourth-order valence-electron chi connectivity index (χ4n) is 1.53. The molecule has 0 aromatic heterocycles. The first-order valence-corrected chi connectivity index (χ1v) is 5.09. The number of aliphatic carboxylic acids is 1. The van der Waals surface area contributed by atoms with E-state index in [1.54, 1.807) is 0 Å². The number of aliphatic hydroxyl groups excluding tert-OH is 1. The van der Waals surface area contributed by atoms with Crippen LogP contribution in [-0.2, 0) is 11.2 Å². The van der Waals surface area contributed by atoms with Gasteiger partial charge in [-0.15, -0.1) is 0 Å². The van der Waals surface area contributed by atoms with Crippen LogP contribution in [0.15, 0.2) is 30.3 Å². The van der Waals surface area contributed by atoms with Crippen molar-refractivity contribution in [1.29, 1.82) is 0 Å². The van der Waals surface area contributed by atoms with Crippen LogP contribution >= 0.6 is 0 Å². The third-order valence-corrected chi connectivity index (χ3v) is 2.39. The van der Waals surface area contributed by atoms with E-state index in [4.69, 9.17) is 10.2 Å². The van der Waals surface area contributed by atoms with Gasteiger partial charge in [-0.2, -0.15) is 0 Å². The van der Waals surface area contributed by atoms with Gasteiger partial charge in [0.1, 0.15) is 0 Å². The number of carboxylic acids is 1. The summed E-state index contributed by atoms with van der Waals surface area (Å²) < 4.78 is 0. The standard InChI is InChI=1S/C12H16O3/c13-9-11(6-7-12(14)15)8-10-4-2-1-3-5-10/h1-5,11,13H,6-9H2,(H,14,15). The third-order valence-electron chi connectivity index (χ3n) is 2.39. The van der Waals surface area contributed by atoms with E-state index in [2.05, 4.69) is 0 Å². The summed E-state index contributed by atoms with van der Waals surface area (Å²) in [5.41, 5.74) is 1.14. The van der Waals surface area contributed by atoms with E-state index < -0.39 is 5.97 Å². The van der Waals surface area contributed by atoms with Gasteiger partial charge >= 0.3 is 5.97 Å². The van der Waals surface area contributed by atoms with Crippen molar-refractivity contribution in [3.63, 3.8) is 0 Å². The molecule has 0 fully saturated rings. The average Bonchev–Trinajstić information content (AvgIpc) is 2.25. The molecule has 0 saturated carbocycles. The van der Waals surface area contributed by atoms with Crippen LogP contribution in [0, 0.1) is 5.92 Å². The predicted octanol–water partition coefficient (Wildman–Crippen LogP) is 1.70. The van der Waals surface area contributed by atoms with Gasteiger partial charge in [0, 0.05) is 13.0 Å². The molecule has 1 aromatic rings. The van der Waals surface area contributed by atoms with Gasteiger partial charge in [0.2, 0.25) is 0 Å². The average molecular weight is 208 g/mol. The van der Waals surface area contributed by atoms with Crippen molar-refractivity contribution in [3.8, 4) is 0 Å². The molecule has 1 rings (SSSR count). The molecule has 3 nitrogen and oxygen atoms in total. The lowest BCUT2D eigenvalue weighted by Gasteiger charge is -2.12. The predicted molar refractivity (Wildman–Crippen MR) is 57.6 cm³/mol. The number of rotatable bonds is 6. The zero-order chi connectivity index (χ0) is 11.1. The molecule has 0 aliphatic carbocycles. The smallest absolute Gasteiger partial charge is 0.303 e. The monoisotopic (exact) mass is 208 g/mol. The highest BCUT2D eigenvalue weighted by Gasteiger charge is 2.10. The molecular weight excluding hydrogens is 192 g/mol. The summed E-state index contributed by atoms with van der Waals surface area (Å²) in [6, 6.07) is 9.81. The maximum absolute atomic E-state index is 10.4. The lowest BCUT2D eigenvalue weighted by Crippen LogP contribution is -2.11. The van der Waals surface area contributed by atoms with Crippen molar-refractivity contribution in [3.05, 3.63) is 35.9 Å². The van der Waals surface area contributed by atoms with Crippen molar-refractivity contribution in [2.45, 2.75) is 19.3 Å². The lowest BCUT2D eigenvalue weighted by molar-refractivity contribution is -0.137. The normalized spacial score (nSPS) is 12.3. The quantitative estimate of drug-likeness (QED) is 0.748. The Morgan fingerprint density at radius 1 is 1.27 bits per heavy atom. The number of hydrogen-bond acceptors (Lipinski definition) is 2. The molecular formula is C12H16O3. The fraction of sp³-hybridized carbons (Fsp3) is 0.417. The van der Waals surface area contributed by atoms with Gasteiger partial charge in [-0.05, 0) is 24.3 Å². The largest absolute Gasteiger partial charge is 0.481 e. The minimum absolute atomic E-state index is 0.0438. The molecule has 1 atom stereocenters. The van der Waals surface area contributed by atoms with E-state index in [1.165, 1.54) is 0 Å². The van der Waals surface area contributed by atoms with Gasteiger partial charge in [0.25, 0.3) is 0 Å². The maximum atomic E-state index is 10.4. The zero-order valence-electron chi connectivity index (χ0n) is 8.60. The molecule has 3 heteroatoms. The van der Waals surface area contributed by atoms with Crippen LogP contribution in [0.4, 0.5) is 0 Å². The summed E-state index contributed by atoms with van der Waals surface area (Å²) in [7, 11) is 0. The Kier molecular flexibility index (Phi) is 4.84. The Bertz CT molecular complexity index is 295. The van der Waals surface area contributed by atoms with Crippen LogP contribution < -0.4 is 0 Å². The summed E-state index contributed by atoms with van der Waals surface area (Å²) in [5.74, 6) is -0.759.